The quantitative estimate of drug-likeness (QED) is 0.645. The average molecular weight is 298 g/mol. The first kappa shape index (κ1) is 14.4. The second-order valence-electron chi connectivity index (χ2n) is 5.75. The van der Waals surface area contributed by atoms with Gasteiger partial charge in [0, 0.05) is 0 Å². The van der Waals surface area contributed by atoms with Crippen LogP contribution in [0.4, 0.5) is 0 Å². The Balaban J connectivity index is 2.16. The highest BCUT2D eigenvalue weighted by Crippen LogP contribution is 2.40. The molecule has 0 aliphatic carbocycles. The van der Waals surface area contributed by atoms with E-state index in [1.807, 2.05) is 42.7 Å². The smallest absolute Gasteiger partial charge is 0.339 e. The Labute approximate surface area is 129 Å². The normalized spacial score (nSPS) is 19.8. The number of aromatic nitrogens is 2. The number of imidazole rings is 1. The van der Waals surface area contributed by atoms with E-state index < -0.39 is 5.60 Å². The maximum Gasteiger partial charge on any atom is 0.339 e. The highest BCUT2D eigenvalue weighted by atomic mass is 16.6. The van der Waals surface area contributed by atoms with E-state index in [-0.39, 0.29) is 12.0 Å². The molecule has 1 aromatic carbocycles. The summed E-state index contributed by atoms with van der Waals surface area (Å²) in [5.74, 6) is -0.286. The number of nitrogens with zero attached hydrogens (tertiary/aromatic N) is 2. The summed E-state index contributed by atoms with van der Waals surface area (Å²) in [6.07, 6.45) is 6.94. The molecule has 0 N–H and O–H groups in total. The van der Waals surface area contributed by atoms with E-state index in [4.69, 9.17) is 9.47 Å². The fourth-order valence-corrected chi connectivity index (χ4v) is 2.93. The Morgan fingerprint density at radius 1 is 1.36 bits per heavy atom. The molecule has 3 rings (SSSR count). The van der Waals surface area contributed by atoms with Gasteiger partial charge in [-0.05, 0) is 31.6 Å². The Bertz CT molecular complexity index is 731. The molecule has 22 heavy (non-hydrogen) atoms. The zero-order valence-electron chi connectivity index (χ0n) is 12.8. The van der Waals surface area contributed by atoms with E-state index in [2.05, 4.69) is 4.98 Å². The van der Waals surface area contributed by atoms with Gasteiger partial charge in [-0.1, -0.05) is 18.2 Å². The number of carbonyl (C=O) groups is 1. The van der Waals surface area contributed by atoms with Gasteiger partial charge < -0.3 is 14.0 Å². The monoisotopic (exact) mass is 298 g/mol. The molecule has 1 aliphatic heterocycles. The van der Waals surface area contributed by atoms with Crippen LogP contribution in [0.3, 0.4) is 0 Å². The van der Waals surface area contributed by atoms with Crippen LogP contribution in [0.15, 0.2) is 43.1 Å². The lowest BCUT2D eigenvalue weighted by molar-refractivity contribution is -0.0262. The van der Waals surface area contributed by atoms with Crippen molar-refractivity contribution in [1.29, 1.82) is 0 Å². The second kappa shape index (κ2) is 5.33. The molecule has 0 radical (unpaired) electrons. The van der Waals surface area contributed by atoms with E-state index in [0.717, 1.165) is 11.3 Å². The summed E-state index contributed by atoms with van der Waals surface area (Å²) in [7, 11) is 1.60. The van der Waals surface area contributed by atoms with Crippen LogP contribution in [0, 0.1) is 0 Å². The summed E-state index contributed by atoms with van der Waals surface area (Å²) in [6, 6.07) is 7.38. The number of carbonyl (C=O) groups excluding carboxylic acids is 1. The number of hydrogen-bond donors (Lipinski definition) is 0. The third kappa shape index (κ3) is 2.28. The van der Waals surface area contributed by atoms with Gasteiger partial charge in [-0.3, -0.25) is 0 Å². The molecular weight excluding hydrogens is 280 g/mol. The number of methoxy groups -OCH3 is 1. The van der Waals surface area contributed by atoms with Gasteiger partial charge in [0.25, 0.3) is 0 Å². The maximum absolute atomic E-state index is 12.2. The second-order valence-corrected chi connectivity index (χ2v) is 5.75. The largest absolute Gasteiger partial charge is 0.504 e. The van der Waals surface area contributed by atoms with Crippen molar-refractivity contribution in [3.63, 3.8) is 0 Å². The van der Waals surface area contributed by atoms with Crippen LogP contribution < -0.4 is 0 Å². The fraction of sp³-hybridized carbons (Fsp3) is 0.294. The third-order valence-corrected chi connectivity index (χ3v) is 3.84. The van der Waals surface area contributed by atoms with E-state index in [1.54, 1.807) is 32.0 Å². The maximum atomic E-state index is 12.2. The molecule has 114 valence electrons. The van der Waals surface area contributed by atoms with Gasteiger partial charge in [-0.2, -0.15) is 0 Å². The molecular formula is C17H18N2O3. The molecule has 1 aromatic heterocycles. The molecule has 5 nitrogen and oxygen atoms in total. The van der Waals surface area contributed by atoms with Gasteiger partial charge in [-0.15, -0.1) is 0 Å². The van der Waals surface area contributed by atoms with E-state index in [0.29, 0.717) is 5.56 Å². The summed E-state index contributed by atoms with van der Waals surface area (Å²) in [6.45, 7) is 3.82. The van der Waals surface area contributed by atoms with Gasteiger partial charge in [0.15, 0.2) is 0 Å². The van der Waals surface area contributed by atoms with Crippen molar-refractivity contribution >= 4 is 12.0 Å². The number of hydrogen-bond acceptors (Lipinski definition) is 4. The average Bonchev–Trinajstić information content (AvgIpc) is 2.92. The Kier molecular flexibility index (Phi) is 3.48. The molecule has 0 fully saturated rings. The molecule has 0 saturated carbocycles. The van der Waals surface area contributed by atoms with Crippen molar-refractivity contribution < 1.29 is 14.3 Å². The summed E-state index contributed by atoms with van der Waals surface area (Å²) >= 11 is 0. The van der Waals surface area contributed by atoms with Gasteiger partial charge in [-0.25, -0.2) is 9.78 Å². The Morgan fingerprint density at radius 3 is 2.91 bits per heavy atom. The fourth-order valence-electron chi connectivity index (χ4n) is 2.93. The standard InChI is InChI=1S/C17H18N2O3/c1-17(2)15(19-11-18-10-12(19)8-9-21-3)13-6-4-5-7-14(13)16(20)22-17/h4-11,15H,1-3H3/b9-8-. The molecule has 1 unspecified atom stereocenters. The molecule has 2 heterocycles. The van der Waals surface area contributed by atoms with Gasteiger partial charge in [0.1, 0.15) is 11.6 Å². The SMILES string of the molecule is CO/C=C\c1cncn1C1c2ccccc2C(=O)OC1(C)C. The highest BCUT2D eigenvalue weighted by Gasteiger charge is 2.43. The molecule has 5 heteroatoms. The van der Waals surface area contributed by atoms with Crippen molar-refractivity contribution in [3.05, 3.63) is 59.9 Å². The highest BCUT2D eigenvalue weighted by molar-refractivity contribution is 5.93. The predicted molar refractivity (Wildman–Crippen MR) is 82.3 cm³/mol. The lowest BCUT2D eigenvalue weighted by atomic mass is 9.85. The summed E-state index contributed by atoms with van der Waals surface area (Å²) in [5, 5.41) is 0. The minimum absolute atomic E-state index is 0.152. The molecule has 0 amide bonds. The summed E-state index contributed by atoms with van der Waals surface area (Å²) in [4.78, 5) is 16.4. The molecule has 0 bridgehead atoms. The van der Waals surface area contributed by atoms with Crippen molar-refractivity contribution in [2.75, 3.05) is 7.11 Å². The lowest BCUT2D eigenvalue weighted by Gasteiger charge is -2.40. The zero-order valence-corrected chi connectivity index (χ0v) is 12.8. The molecule has 1 aliphatic rings. The van der Waals surface area contributed by atoms with Crippen LogP contribution in [0.5, 0.6) is 0 Å². The minimum atomic E-state index is -0.679. The van der Waals surface area contributed by atoms with Crippen LogP contribution in [0.2, 0.25) is 0 Å². The number of esters is 1. The number of fused-ring (bicyclic) bond motifs is 1. The molecule has 1 atom stereocenters. The van der Waals surface area contributed by atoms with Crippen molar-refractivity contribution in [1.82, 2.24) is 9.55 Å². The zero-order chi connectivity index (χ0) is 15.7. The van der Waals surface area contributed by atoms with Crippen LogP contribution >= 0.6 is 0 Å². The van der Waals surface area contributed by atoms with Crippen LogP contribution in [-0.4, -0.2) is 28.2 Å². The molecule has 0 saturated heterocycles. The van der Waals surface area contributed by atoms with E-state index >= 15 is 0 Å². The third-order valence-electron chi connectivity index (χ3n) is 3.84. The van der Waals surface area contributed by atoms with Crippen LogP contribution in [-0.2, 0) is 9.47 Å². The Morgan fingerprint density at radius 2 is 2.14 bits per heavy atom. The number of benzene rings is 1. The van der Waals surface area contributed by atoms with E-state index in [1.165, 1.54) is 0 Å². The number of ether oxygens (including phenoxy) is 2. The number of cyclic esters (lactones) is 1. The predicted octanol–water partition coefficient (Wildman–Crippen LogP) is 3.04. The van der Waals surface area contributed by atoms with Crippen LogP contribution in [0.1, 0.15) is 41.5 Å². The molecule has 2 aromatic rings. The van der Waals surface area contributed by atoms with Crippen molar-refractivity contribution in [2.45, 2.75) is 25.5 Å². The van der Waals surface area contributed by atoms with Gasteiger partial charge >= 0.3 is 5.97 Å². The van der Waals surface area contributed by atoms with Crippen molar-refractivity contribution in [3.8, 4) is 0 Å². The minimum Gasteiger partial charge on any atom is -0.504 e. The topological polar surface area (TPSA) is 53.4 Å². The van der Waals surface area contributed by atoms with Crippen molar-refractivity contribution in [2.24, 2.45) is 0 Å². The number of rotatable bonds is 3. The van der Waals surface area contributed by atoms with Gasteiger partial charge in [0.05, 0.1) is 37.2 Å². The first-order valence-corrected chi connectivity index (χ1v) is 7.08. The van der Waals surface area contributed by atoms with Crippen LogP contribution in [0.25, 0.3) is 6.08 Å². The Hall–Kier alpha value is -2.56. The lowest BCUT2D eigenvalue weighted by Crippen LogP contribution is -2.43. The first-order chi connectivity index (χ1) is 10.5. The summed E-state index contributed by atoms with van der Waals surface area (Å²) in [5.41, 5.74) is 1.74. The van der Waals surface area contributed by atoms with E-state index in [9.17, 15) is 4.79 Å². The van der Waals surface area contributed by atoms with Gasteiger partial charge in [0.2, 0.25) is 0 Å². The first-order valence-electron chi connectivity index (χ1n) is 7.08. The molecule has 0 spiro atoms. The summed E-state index contributed by atoms with van der Waals surface area (Å²) < 4.78 is 12.6.